The number of hydrogen-bond acceptors (Lipinski definition) is 15. The molecule has 18 nitrogen and oxygen atoms in total. The number of nitrogen functional groups attached to an aromatic ring is 1. The summed E-state index contributed by atoms with van der Waals surface area (Å²) in [5.74, 6) is -3.71. The molecule has 5 heterocycles. The van der Waals surface area contributed by atoms with Gasteiger partial charge in [0.25, 0.3) is 11.8 Å². The van der Waals surface area contributed by atoms with Crippen molar-refractivity contribution in [2.75, 3.05) is 49.5 Å². The van der Waals surface area contributed by atoms with Crippen molar-refractivity contribution in [1.82, 2.24) is 25.2 Å². The van der Waals surface area contributed by atoms with E-state index in [1.54, 1.807) is 19.2 Å². The van der Waals surface area contributed by atoms with Crippen LogP contribution in [0.25, 0.3) is 5.57 Å². The van der Waals surface area contributed by atoms with Crippen molar-refractivity contribution in [2.24, 2.45) is 11.1 Å². The van der Waals surface area contributed by atoms with Gasteiger partial charge in [-0.3, -0.25) is 14.5 Å². The van der Waals surface area contributed by atoms with E-state index in [1.165, 1.54) is 31.0 Å². The number of imidazole rings is 1. The molecule has 21 heteroatoms. The number of H-pyrrole nitrogens is 1. The molecule has 2 amide bonds. The molecule has 0 spiro atoms. The van der Waals surface area contributed by atoms with Crippen molar-refractivity contribution >= 4 is 80.7 Å². The van der Waals surface area contributed by atoms with Gasteiger partial charge >= 0.3 is 5.97 Å². The molecule has 54 heavy (non-hydrogen) atoms. The largest absolute Gasteiger partial charge is 0.543 e. The second kappa shape index (κ2) is 15.2. The smallest absolute Gasteiger partial charge is 0.350 e. The van der Waals surface area contributed by atoms with Crippen LogP contribution < -0.4 is 21.5 Å². The number of likely N-dealkylation sites (tertiary alicyclic amines) is 1. The second-order valence-corrected chi connectivity index (χ2v) is 16.4. The first-order valence-electron chi connectivity index (χ1n) is 17.0. The summed E-state index contributed by atoms with van der Waals surface area (Å²) in [4.78, 5) is 69.0. The van der Waals surface area contributed by atoms with Crippen molar-refractivity contribution in [3.8, 4) is 0 Å². The van der Waals surface area contributed by atoms with Crippen LogP contribution in [-0.4, -0.2) is 131 Å². The van der Waals surface area contributed by atoms with Gasteiger partial charge < -0.3 is 55.9 Å². The molecule has 0 saturated carbocycles. The Kier molecular flexibility index (Phi) is 11.0. The lowest BCUT2D eigenvalue weighted by Crippen LogP contribution is -2.72. The molecule has 4 aliphatic rings. The summed E-state index contributed by atoms with van der Waals surface area (Å²) in [6.07, 6.45) is 4.14. The fraction of sp³-hybridized carbons (Fsp3) is 0.485. The molecule has 6 rings (SSSR count). The van der Waals surface area contributed by atoms with E-state index in [0.717, 1.165) is 42.2 Å². The summed E-state index contributed by atoms with van der Waals surface area (Å²) in [7, 11) is 0. The Morgan fingerprint density at radius 2 is 2.02 bits per heavy atom. The van der Waals surface area contributed by atoms with Crippen LogP contribution in [0.3, 0.4) is 0 Å². The highest BCUT2D eigenvalue weighted by Crippen LogP contribution is 2.41. The molecule has 0 radical (unpaired) electrons. The topological polar surface area (TPSA) is 269 Å². The first-order chi connectivity index (χ1) is 25.5. The van der Waals surface area contributed by atoms with Gasteiger partial charge in [0, 0.05) is 41.0 Å². The van der Waals surface area contributed by atoms with E-state index < -0.39 is 52.6 Å². The first-order valence-corrected chi connectivity index (χ1v) is 19.4. The maximum absolute atomic E-state index is 13.5. The van der Waals surface area contributed by atoms with Gasteiger partial charge in [-0.25, -0.2) is 14.8 Å². The van der Waals surface area contributed by atoms with Crippen molar-refractivity contribution in [3.63, 3.8) is 0 Å². The minimum absolute atomic E-state index is 0.00892. The average Bonchev–Trinajstić information content (AvgIpc) is 3.90. The van der Waals surface area contributed by atoms with Gasteiger partial charge in [-0.05, 0) is 13.8 Å². The number of aromatic amines is 1. The molecule has 0 aromatic carbocycles. The quantitative estimate of drug-likeness (QED) is 0.0596. The number of carboxylic acid groups (broad SMARTS) is 2. The number of fused-ring (bicyclic) bond motifs is 1. The fourth-order valence-electron chi connectivity index (χ4n) is 6.78. The third kappa shape index (κ3) is 7.65. The molecular formula is C33H40ClN9O9S2. The van der Waals surface area contributed by atoms with Crippen LogP contribution in [0.4, 0.5) is 10.9 Å². The zero-order chi connectivity index (χ0) is 39.1. The van der Waals surface area contributed by atoms with E-state index in [9.17, 15) is 39.6 Å². The summed E-state index contributed by atoms with van der Waals surface area (Å²) in [6, 6.07) is -1.11. The van der Waals surface area contributed by atoms with Crippen LogP contribution in [0.2, 0.25) is 0 Å². The number of allylic oxidation sites excluding steroid dienone is 2. The Morgan fingerprint density at radius 1 is 1.30 bits per heavy atom. The number of aliphatic hydroxyl groups excluding tert-OH is 2. The van der Waals surface area contributed by atoms with Crippen LogP contribution in [-0.2, 0) is 24.0 Å². The number of rotatable bonds is 14. The highest BCUT2D eigenvalue weighted by atomic mass is 35.5. The lowest BCUT2D eigenvalue weighted by atomic mass is 9.93. The summed E-state index contributed by atoms with van der Waals surface area (Å²) < 4.78 is 0.583. The van der Waals surface area contributed by atoms with Gasteiger partial charge in [0.2, 0.25) is 5.60 Å². The lowest BCUT2D eigenvalue weighted by molar-refractivity contribution is -0.910. The predicted octanol–water partition coefficient (Wildman–Crippen LogP) is 0.561. The molecular weight excluding hydrogens is 766 g/mol. The zero-order valence-corrected chi connectivity index (χ0v) is 31.9. The number of quaternary nitrogens is 1. The molecule has 1 aliphatic carbocycles. The SMILES string of the molecule is CC1C=C(c2ncc(NCC[N+]3(CC4=C(C(=O)[O-])N5C(=O)[C@@H](NC(=O)/C(=N\OC(C)(C)C(=O)O)c6csc(N)n6)[C@H]5SC4)CCCC3)[nH]2)C(Cl)=C(O)C1O. The van der Waals surface area contributed by atoms with Crippen LogP contribution in [0.15, 0.2) is 44.9 Å². The minimum Gasteiger partial charge on any atom is -0.543 e. The van der Waals surface area contributed by atoms with Gasteiger partial charge in [0.1, 0.15) is 47.2 Å². The third-order valence-corrected chi connectivity index (χ3v) is 12.2. The third-order valence-electron chi connectivity index (χ3n) is 9.83. The van der Waals surface area contributed by atoms with Gasteiger partial charge in [-0.2, -0.15) is 0 Å². The van der Waals surface area contributed by atoms with Crippen LogP contribution in [0.1, 0.15) is 45.1 Å². The monoisotopic (exact) mass is 805 g/mol. The number of thioether (sulfide) groups is 1. The number of carbonyl (C=O) groups is 4. The van der Waals surface area contributed by atoms with E-state index in [2.05, 4.69) is 30.7 Å². The molecule has 2 unspecified atom stereocenters. The molecule has 2 saturated heterocycles. The van der Waals surface area contributed by atoms with E-state index in [1.807, 2.05) is 0 Å². The van der Waals surface area contributed by atoms with E-state index in [0.29, 0.717) is 46.9 Å². The summed E-state index contributed by atoms with van der Waals surface area (Å²) in [6.45, 7) is 7.37. The fourth-order valence-corrected chi connectivity index (χ4v) is 8.92. The number of carbonyl (C=O) groups excluding carboxylic acids is 3. The van der Waals surface area contributed by atoms with Gasteiger partial charge in [-0.15, -0.1) is 23.1 Å². The van der Waals surface area contributed by atoms with Crippen LogP contribution in [0.5, 0.6) is 0 Å². The van der Waals surface area contributed by atoms with Crippen molar-refractivity contribution in [3.05, 3.63) is 51.2 Å². The number of anilines is 2. The average molecular weight is 806 g/mol. The Hall–Kier alpha value is -4.63. The van der Waals surface area contributed by atoms with E-state index in [4.69, 9.17) is 22.2 Å². The van der Waals surface area contributed by atoms with Crippen molar-refractivity contribution in [1.29, 1.82) is 0 Å². The number of carboxylic acids is 2. The van der Waals surface area contributed by atoms with E-state index in [-0.39, 0.29) is 39.0 Å². The number of nitrogens with two attached hydrogens (primary N) is 1. The zero-order valence-electron chi connectivity index (χ0n) is 29.5. The number of oxime groups is 1. The van der Waals surface area contributed by atoms with E-state index >= 15 is 0 Å². The first kappa shape index (κ1) is 39.1. The highest BCUT2D eigenvalue weighted by Gasteiger charge is 2.54. The molecule has 290 valence electrons. The maximum Gasteiger partial charge on any atom is 0.350 e. The number of β-lactam (4-membered cyclic amide) rings is 1. The number of thiazole rings is 1. The standard InChI is InChI=1S/C33H40ClN9O9S2/c1-15-10-17(20(34)25(45)24(15)44)26-37-11-19(39-26)36-6-9-43(7-4-5-8-43)12-16-13-53-29-22(28(47)42(29)23(16)30(48)49)40-27(46)21(18-14-54-32(35)38-18)41-52-33(2,3)31(50)51/h10-11,14-15,22,24,29,44H,4-9,12-13H2,1-3H3,(H7-,35,36,37,38,39,40,41,45,46,48,49,50,51)/t15?,22-,24?,29-/m1/s1. The Labute approximate surface area is 322 Å². The molecule has 2 aromatic rings. The summed E-state index contributed by atoms with van der Waals surface area (Å²) >= 11 is 8.63. The normalized spacial score (nSPS) is 24.2. The maximum atomic E-state index is 13.5. The van der Waals surface area contributed by atoms with Gasteiger partial charge in [-0.1, -0.05) is 29.8 Å². The van der Waals surface area contributed by atoms with Crippen LogP contribution >= 0.6 is 34.7 Å². The van der Waals surface area contributed by atoms with Gasteiger partial charge in [0.15, 0.2) is 10.8 Å². The molecule has 4 atom stereocenters. The molecule has 2 fully saturated rings. The number of aliphatic carboxylic acids is 2. The molecule has 0 bridgehead atoms. The number of nitrogens with zero attached hydrogens (tertiary/aromatic N) is 5. The number of nitrogens with one attached hydrogen (secondary N) is 3. The Balaban J connectivity index is 1.13. The number of aliphatic hydroxyl groups is 2. The Morgan fingerprint density at radius 3 is 2.67 bits per heavy atom. The lowest BCUT2D eigenvalue weighted by Gasteiger charge is -2.51. The number of aromatic nitrogens is 3. The minimum atomic E-state index is -1.79. The molecule has 8 N–H and O–H groups in total. The molecule has 3 aliphatic heterocycles. The number of halogens is 1. The molecule has 2 aromatic heterocycles. The summed E-state index contributed by atoms with van der Waals surface area (Å²) in [5.41, 5.74) is 4.40. The van der Waals surface area contributed by atoms with Crippen molar-refractivity contribution < 1.29 is 48.9 Å². The van der Waals surface area contributed by atoms with Crippen LogP contribution in [0, 0.1) is 5.92 Å². The highest BCUT2D eigenvalue weighted by molar-refractivity contribution is 8.00. The number of amides is 2. The Bertz CT molecular complexity index is 1980. The predicted molar refractivity (Wildman–Crippen MR) is 198 cm³/mol. The number of hydrogen-bond donors (Lipinski definition) is 7. The van der Waals surface area contributed by atoms with Gasteiger partial charge in [0.05, 0.1) is 49.1 Å². The van der Waals surface area contributed by atoms with Crippen molar-refractivity contribution in [2.45, 2.75) is 56.7 Å². The summed E-state index contributed by atoms with van der Waals surface area (Å²) in [5, 5.41) is 52.9. The second-order valence-electron chi connectivity index (χ2n) is 14.1.